The van der Waals surface area contributed by atoms with E-state index in [1.54, 1.807) is 31.4 Å². The first kappa shape index (κ1) is 19.8. The highest BCUT2D eigenvalue weighted by Crippen LogP contribution is 2.36. The fourth-order valence-corrected chi connectivity index (χ4v) is 2.41. The third-order valence-corrected chi connectivity index (χ3v) is 3.94. The van der Waals surface area contributed by atoms with Crippen molar-refractivity contribution in [2.45, 2.75) is 20.3 Å². The van der Waals surface area contributed by atoms with Crippen molar-refractivity contribution in [1.82, 2.24) is 15.5 Å². The van der Waals surface area contributed by atoms with Gasteiger partial charge >= 0.3 is 0 Å². The number of hydrogen-bond acceptors (Lipinski definition) is 6. The number of rotatable bonds is 8. The number of halogens is 1. The maximum absolute atomic E-state index is 12.0. The van der Waals surface area contributed by atoms with E-state index in [-0.39, 0.29) is 11.6 Å². The van der Waals surface area contributed by atoms with Gasteiger partial charge in [0.05, 0.1) is 24.9 Å². The fraction of sp³-hybridized carbons (Fsp3) is 0.389. The van der Waals surface area contributed by atoms with Gasteiger partial charge in [-0.15, -0.1) is 10.2 Å². The van der Waals surface area contributed by atoms with Gasteiger partial charge in [-0.25, -0.2) is 0 Å². The number of anilines is 2. The second-order valence-electron chi connectivity index (χ2n) is 6.05. The Morgan fingerprint density at radius 3 is 2.46 bits per heavy atom. The summed E-state index contributed by atoms with van der Waals surface area (Å²) in [5.74, 6) is 1.79. The molecule has 140 valence electrons. The number of hydrogen-bond donors (Lipinski definition) is 2. The molecular weight excluding hydrogens is 356 g/mol. The van der Waals surface area contributed by atoms with Gasteiger partial charge in [0.2, 0.25) is 0 Å². The average Bonchev–Trinajstić information content (AvgIpc) is 2.63. The van der Waals surface area contributed by atoms with E-state index >= 15 is 0 Å². The summed E-state index contributed by atoms with van der Waals surface area (Å²) in [5, 5.41) is 14.4. The van der Waals surface area contributed by atoms with Gasteiger partial charge in [0.15, 0.2) is 11.5 Å². The van der Waals surface area contributed by atoms with Gasteiger partial charge < -0.3 is 20.1 Å². The van der Waals surface area contributed by atoms with Crippen molar-refractivity contribution < 1.29 is 14.3 Å². The van der Waals surface area contributed by atoms with Crippen molar-refractivity contribution >= 4 is 29.0 Å². The first-order valence-corrected chi connectivity index (χ1v) is 8.62. The molecule has 7 nitrogen and oxygen atoms in total. The molecule has 1 amide bonds. The summed E-state index contributed by atoms with van der Waals surface area (Å²) in [6.45, 7) is 4.82. The number of amides is 1. The third kappa shape index (κ3) is 5.23. The Morgan fingerprint density at radius 1 is 1.15 bits per heavy atom. The van der Waals surface area contributed by atoms with Crippen LogP contribution in [0.2, 0.25) is 5.02 Å². The van der Waals surface area contributed by atoms with Crippen LogP contribution in [0.4, 0.5) is 11.5 Å². The van der Waals surface area contributed by atoms with E-state index < -0.39 is 0 Å². The van der Waals surface area contributed by atoms with Crippen LogP contribution < -0.4 is 20.1 Å². The molecule has 0 aliphatic carbocycles. The lowest BCUT2D eigenvalue weighted by Gasteiger charge is -2.13. The maximum atomic E-state index is 12.0. The van der Waals surface area contributed by atoms with E-state index in [0.29, 0.717) is 40.5 Å². The predicted octanol–water partition coefficient (Wildman–Crippen LogP) is 3.67. The molecule has 26 heavy (non-hydrogen) atoms. The van der Waals surface area contributed by atoms with Crippen molar-refractivity contribution in [3.8, 4) is 11.5 Å². The maximum Gasteiger partial charge on any atom is 0.271 e. The van der Waals surface area contributed by atoms with Crippen LogP contribution in [-0.2, 0) is 0 Å². The minimum Gasteiger partial charge on any atom is -0.495 e. The van der Waals surface area contributed by atoms with Crippen molar-refractivity contribution in [2.75, 3.05) is 26.1 Å². The smallest absolute Gasteiger partial charge is 0.271 e. The van der Waals surface area contributed by atoms with Crippen LogP contribution in [0.3, 0.4) is 0 Å². The van der Waals surface area contributed by atoms with E-state index in [4.69, 9.17) is 21.1 Å². The van der Waals surface area contributed by atoms with Crippen LogP contribution in [0, 0.1) is 5.92 Å². The molecule has 0 fully saturated rings. The number of aromatic nitrogens is 2. The Labute approximate surface area is 158 Å². The Hall–Kier alpha value is -2.54. The van der Waals surface area contributed by atoms with E-state index in [1.807, 2.05) is 0 Å². The number of nitrogens with zero attached hydrogens (tertiary/aromatic N) is 2. The Morgan fingerprint density at radius 2 is 1.88 bits per heavy atom. The van der Waals surface area contributed by atoms with E-state index in [1.165, 1.54) is 7.11 Å². The number of methoxy groups -OCH3 is 2. The standard InChI is InChI=1S/C18H23ClN4O3/c1-11(2)7-8-20-18(24)13-5-6-17(23-22-13)21-14-10-15(25-3)12(19)9-16(14)26-4/h5-6,9-11H,7-8H2,1-4H3,(H,20,24)(H,21,23). The van der Waals surface area contributed by atoms with E-state index in [9.17, 15) is 4.79 Å². The predicted molar refractivity (Wildman–Crippen MR) is 102 cm³/mol. The average molecular weight is 379 g/mol. The number of carbonyl (C=O) groups excluding carboxylic acids is 1. The van der Waals surface area contributed by atoms with Gasteiger partial charge in [0, 0.05) is 18.7 Å². The molecule has 2 aromatic rings. The second kappa shape index (κ2) is 9.24. The summed E-state index contributed by atoms with van der Waals surface area (Å²) in [6.07, 6.45) is 0.914. The molecule has 8 heteroatoms. The minimum absolute atomic E-state index is 0.240. The summed E-state index contributed by atoms with van der Waals surface area (Å²) < 4.78 is 10.5. The van der Waals surface area contributed by atoms with Crippen LogP contribution >= 0.6 is 11.6 Å². The molecule has 0 atom stereocenters. The Bertz CT molecular complexity index is 751. The molecule has 1 aromatic carbocycles. The second-order valence-corrected chi connectivity index (χ2v) is 6.46. The molecule has 2 rings (SSSR count). The highest BCUT2D eigenvalue weighted by Gasteiger charge is 2.12. The zero-order valence-corrected chi connectivity index (χ0v) is 16.1. The van der Waals surface area contributed by atoms with Gasteiger partial charge in [0.1, 0.15) is 11.5 Å². The van der Waals surface area contributed by atoms with Crippen LogP contribution in [-0.4, -0.2) is 36.9 Å². The van der Waals surface area contributed by atoms with Crippen molar-refractivity contribution in [2.24, 2.45) is 5.92 Å². The molecule has 0 unspecified atom stereocenters. The van der Waals surface area contributed by atoms with E-state index in [0.717, 1.165) is 6.42 Å². The summed E-state index contributed by atoms with van der Waals surface area (Å²) >= 11 is 6.09. The zero-order chi connectivity index (χ0) is 19.1. The Kier molecular flexibility index (Phi) is 7.03. The van der Waals surface area contributed by atoms with Crippen molar-refractivity contribution in [1.29, 1.82) is 0 Å². The molecule has 0 saturated heterocycles. The first-order valence-electron chi connectivity index (χ1n) is 8.25. The number of ether oxygens (including phenoxy) is 2. The number of benzene rings is 1. The highest BCUT2D eigenvalue weighted by molar-refractivity contribution is 6.32. The zero-order valence-electron chi connectivity index (χ0n) is 15.3. The lowest BCUT2D eigenvalue weighted by molar-refractivity contribution is 0.0946. The lowest BCUT2D eigenvalue weighted by atomic mass is 10.1. The molecule has 1 heterocycles. The normalized spacial score (nSPS) is 10.5. The highest BCUT2D eigenvalue weighted by atomic mass is 35.5. The summed E-state index contributed by atoms with van der Waals surface area (Å²) in [7, 11) is 3.07. The minimum atomic E-state index is -0.240. The molecule has 0 aliphatic rings. The third-order valence-electron chi connectivity index (χ3n) is 3.64. The van der Waals surface area contributed by atoms with Crippen LogP contribution in [0.25, 0.3) is 0 Å². The van der Waals surface area contributed by atoms with Crippen molar-refractivity contribution in [3.63, 3.8) is 0 Å². The first-order chi connectivity index (χ1) is 12.4. The fourth-order valence-electron chi connectivity index (χ4n) is 2.18. The van der Waals surface area contributed by atoms with Gasteiger partial charge in [-0.2, -0.15) is 0 Å². The summed E-state index contributed by atoms with van der Waals surface area (Å²) in [4.78, 5) is 12.0. The molecule has 0 saturated carbocycles. The summed E-state index contributed by atoms with van der Waals surface area (Å²) in [5.41, 5.74) is 0.886. The quantitative estimate of drug-likeness (QED) is 0.729. The van der Waals surface area contributed by atoms with Gasteiger partial charge in [0.25, 0.3) is 5.91 Å². The molecular formula is C18H23ClN4O3. The number of nitrogens with one attached hydrogen (secondary N) is 2. The largest absolute Gasteiger partial charge is 0.495 e. The lowest BCUT2D eigenvalue weighted by Crippen LogP contribution is -2.26. The molecule has 0 bridgehead atoms. The van der Waals surface area contributed by atoms with Crippen LogP contribution in [0.5, 0.6) is 11.5 Å². The van der Waals surface area contributed by atoms with Gasteiger partial charge in [-0.1, -0.05) is 25.4 Å². The van der Waals surface area contributed by atoms with Gasteiger partial charge in [-0.3, -0.25) is 4.79 Å². The van der Waals surface area contributed by atoms with Crippen LogP contribution in [0.1, 0.15) is 30.8 Å². The molecule has 0 spiro atoms. The molecule has 1 aromatic heterocycles. The topological polar surface area (TPSA) is 85.4 Å². The monoisotopic (exact) mass is 378 g/mol. The van der Waals surface area contributed by atoms with Gasteiger partial charge in [-0.05, 0) is 24.5 Å². The van der Waals surface area contributed by atoms with Crippen molar-refractivity contribution in [3.05, 3.63) is 35.0 Å². The summed E-state index contributed by atoms with van der Waals surface area (Å²) in [6, 6.07) is 6.63. The SMILES string of the molecule is COc1cc(Nc2ccc(C(=O)NCCC(C)C)nn2)c(OC)cc1Cl. The molecule has 2 N–H and O–H groups in total. The molecule has 0 aliphatic heterocycles. The molecule has 0 radical (unpaired) electrons. The van der Waals surface area contributed by atoms with Crippen LogP contribution in [0.15, 0.2) is 24.3 Å². The van der Waals surface area contributed by atoms with E-state index in [2.05, 4.69) is 34.7 Å². The number of carbonyl (C=O) groups is 1. The Balaban J connectivity index is 2.08.